The molecule has 7 nitrogen and oxygen atoms in total. The maximum absolute atomic E-state index is 13.8. The molecule has 2 heterocycles. The van der Waals surface area contributed by atoms with Gasteiger partial charge in [0, 0.05) is 38.4 Å². The van der Waals surface area contributed by atoms with Crippen LogP contribution in [0.15, 0.2) is 58.5 Å². The van der Waals surface area contributed by atoms with Crippen LogP contribution in [0.4, 0.5) is 4.39 Å². The Morgan fingerprint density at radius 1 is 1.19 bits per heavy atom. The van der Waals surface area contributed by atoms with E-state index in [9.17, 15) is 12.8 Å². The molecule has 1 aliphatic rings. The van der Waals surface area contributed by atoms with Gasteiger partial charge in [0.1, 0.15) is 10.7 Å². The lowest BCUT2D eigenvalue weighted by atomic mass is 10.0. The second kappa shape index (κ2) is 11.2. The zero-order chi connectivity index (χ0) is 22.1. The molecule has 0 radical (unpaired) electrons. The summed E-state index contributed by atoms with van der Waals surface area (Å²) in [5.74, 6) is -0.379. The predicted octanol–water partition coefficient (Wildman–Crippen LogP) is 2.21. The van der Waals surface area contributed by atoms with Gasteiger partial charge >= 0.3 is 0 Å². The van der Waals surface area contributed by atoms with E-state index in [1.165, 1.54) is 18.2 Å². The summed E-state index contributed by atoms with van der Waals surface area (Å²) in [5.41, 5.74) is 1.07. The summed E-state index contributed by atoms with van der Waals surface area (Å²) < 4.78 is 38.6. The second-order valence-corrected chi connectivity index (χ2v) is 9.60. The molecule has 2 N–H and O–H groups in total. The minimum Gasteiger partial charge on any atom is -0.357 e. The number of pyridine rings is 1. The Labute approximate surface area is 183 Å². The van der Waals surface area contributed by atoms with Crippen molar-refractivity contribution in [3.63, 3.8) is 0 Å². The molecule has 0 amide bonds. The van der Waals surface area contributed by atoms with Crippen molar-refractivity contribution in [2.75, 3.05) is 31.9 Å². The van der Waals surface area contributed by atoms with Crippen LogP contribution in [0.3, 0.4) is 0 Å². The summed E-state index contributed by atoms with van der Waals surface area (Å²) in [5, 5.41) is 6.57. The Hall–Kier alpha value is -2.52. The fourth-order valence-corrected chi connectivity index (χ4v) is 4.76. The number of benzene rings is 1. The van der Waals surface area contributed by atoms with Crippen molar-refractivity contribution >= 4 is 15.8 Å². The molecular weight excluding hydrogens is 417 g/mol. The van der Waals surface area contributed by atoms with E-state index in [-0.39, 0.29) is 23.2 Å². The number of likely N-dealkylation sites (tertiary alicyclic amines) is 1. The van der Waals surface area contributed by atoms with Gasteiger partial charge in [-0.1, -0.05) is 18.2 Å². The first-order valence-corrected chi connectivity index (χ1v) is 12.3. The van der Waals surface area contributed by atoms with Crippen LogP contribution in [0.2, 0.25) is 0 Å². The molecular formula is C22H30FN5O2S. The lowest BCUT2D eigenvalue weighted by Crippen LogP contribution is -2.48. The zero-order valence-corrected chi connectivity index (χ0v) is 18.6. The van der Waals surface area contributed by atoms with Gasteiger partial charge in [0.2, 0.25) is 0 Å². The highest BCUT2D eigenvalue weighted by Gasteiger charge is 2.21. The molecule has 3 rings (SSSR count). The first-order chi connectivity index (χ1) is 15.0. The van der Waals surface area contributed by atoms with Crippen LogP contribution in [0, 0.1) is 5.82 Å². The number of sulfone groups is 1. The molecule has 1 aromatic carbocycles. The van der Waals surface area contributed by atoms with E-state index in [4.69, 9.17) is 0 Å². The third-order valence-electron chi connectivity index (χ3n) is 5.19. The highest BCUT2D eigenvalue weighted by Crippen LogP contribution is 2.15. The molecule has 0 saturated carbocycles. The maximum Gasteiger partial charge on any atom is 0.191 e. The molecule has 1 saturated heterocycles. The number of aromatic nitrogens is 1. The van der Waals surface area contributed by atoms with Crippen molar-refractivity contribution < 1.29 is 12.8 Å². The maximum atomic E-state index is 13.8. The topological polar surface area (TPSA) is 86.7 Å². The Morgan fingerprint density at radius 3 is 2.61 bits per heavy atom. The lowest BCUT2D eigenvalue weighted by Gasteiger charge is -2.32. The van der Waals surface area contributed by atoms with Crippen molar-refractivity contribution in [1.29, 1.82) is 0 Å². The average molecular weight is 448 g/mol. The average Bonchev–Trinajstić information content (AvgIpc) is 2.76. The number of hydrogen-bond donors (Lipinski definition) is 2. The zero-order valence-electron chi connectivity index (χ0n) is 17.8. The molecule has 0 aliphatic carbocycles. The molecule has 2 aromatic rings. The summed E-state index contributed by atoms with van der Waals surface area (Å²) in [6.45, 7) is 5.44. The largest absolute Gasteiger partial charge is 0.357 e. The second-order valence-electron chi connectivity index (χ2n) is 7.53. The first kappa shape index (κ1) is 23.1. The summed E-state index contributed by atoms with van der Waals surface area (Å²) >= 11 is 0. The van der Waals surface area contributed by atoms with Gasteiger partial charge in [0.05, 0.1) is 18.0 Å². The number of piperidine rings is 1. The van der Waals surface area contributed by atoms with Crippen molar-refractivity contribution in [2.45, 2.75) is 37.2 Å². The standard InChI is InChI=1S/C22H30FN5O2S/c1-2-24-22(26-13-16-31(29,30)21-9-4-3-8-20(21)23)27-18-10-14-28(15-11-18)17-19-7-5-6-12-25-19/h3-9,12,18H,2,10-11,13-17H2,1H3,(H2,24,26,27). The Morgan fingerprint density at radius 2 is 1.94 bits per heavy atom. The molecule has 1 aromatic heterocycles. The van der Waals surface area contributed by atoms with Crippen LogP contribution < -0.4 is 10.6 Å². The molecule has 0 unspecified atom stereocenters. The van der Waals surface area contributed by atoms with Crippen molar-refractivity contribution in [1.82, 2.24) is 20.5 Å². The van der Waals surface area contributed by atoms with Crippen LogP contribution in [-0.4, -0.2) is 62.2 Å². The number of aliphatic imine (C=N–C) groups is 1. The molecule has 9 heteroatoms. The van der Waals surface area contributed by atoms with Crippen LogP contribution in [-0.2, 0) is 16.4 Å². The predicted molar refractivity (Wildman–Crippen MR) is 120 cm³/mol. The van der Waals surface area contributed by atoms with E-state index in [2.05, 4.69) is 25.5 Å². The molecule has 0 bridgehead atoms. The minimum absolute atomic E-state index is 0.0600. The fourth-order valence-electron chi connectivity index (χ4n) is 3.55. The Kier molecular flexibility index (Phi) is 8.36. The Bertz CT molecular complexity index is 961. The van der Waals surface area contributed by atoms with E-state index in [0.717, 1.165) is 44.2 Å². The van der Waals surface area contributed by atoms with Gasteiger partial charge in [-0.3, -0.25) is 14.9 Å². The summed E-state index contributed by atoms with van der Waals surface area (Å²) in [6.07, 6.45) is 3.74. The van der Waals surface area contributed by atoms with Crippen molar-refractivity contribution in [3.05, 3.63) is 60.2 Å². The van der Waals surface area contributed by atoms with Gasteiger partial charge in [0.25, 0.3) is 0 Å². The van der Waals surface area contributed by atoms with Gasteiger partial charge in [-0.15, -0.1) is 0 Å². The Balaban J connectivity index is 1.50. The van der Waals surface area contributed by atoms with Gasteiger partial charge in [0.15, 0.2) is 15.8 Å². The normalized spacial score (nSPS) is 16.3. The molecule has 31 heavy (non-hydrogen) atoms. The number of nitrogens with zero attached hydrogens (tertiary/aromatic N) is 3. The molecule has 0 spiro atoms. The monoisotopic (exact) mass is 447 g/mol. The quantitative estimate of drug-likeness (QED) is 0.477. The highest BCUT2D eigenvalue weighted by molar-refractivity contribution is 7.91. The van der Waals surface area contributed by atoms with Crippen LogP contribution in [0.1, 0.15) is 25.5 Å². The number of halogens is 1. The van der Waals surface area contributed by atoms with Gasteiger partial charge in [-0.05, 0) is 44.0 Å². The van der Waals surface area contributed by atoms with Crippen LogP contribution in [0.5, 0.6) is 0 Å². The molecule has 168 valence electrons. The number of guanidine groups is 1. The number of hydrogen-bond acceptors (Lipinski definition) is 5. The van der Waals surface area contributed by atoms with E-state index >= 15 is 0 Å². The molecule has 0 atom stereocenters. The summed E-state index contributed by atoms with van der Waals surface area (Å²) in [4.78, 5) is 10.9. The van der Waals surface area contributed by atoms with Crippen molar-refractivity contribution in [2.24, 2.45) is 4.99 Å². The minimum atomic E-state index is -3.72. The third kappa shape index (κ3) is 7.00. The van der Waals surface area contributed by atoms with Crippen LogP contribution in [0.25, 0.3) is 0 Å². The smallest absolute Gasteiger partial charge is 0.191 e. The highest BCUT2D eigenvalue weighted by atomic mass is 32.2. The van der Waals surface area contributed by atoms with Gasteiger partial charge < -0.3 is 10.6 Å². The lowest BCUT2D eigenvalue weighted by molar-refractivity contribution is 0.196. The van der Waals surface area contributed by atoms with E-state index < -0.39 is 15.7 Å². The SMILES string of the molecule is CCNC(=NCCS(=O)(=O)c1ccccc1F)NC1CCN(Cc2ccccn2)CC1. The molecule has 1 fully saturated rings. The van der Waals surface area contributed by atoms with E-state index in [1.807, 2.05) is 31.3 Å². The number of rotatable bonds is 8. The van der Waals surface area contributed by atoms with E-state index in [0.29, 0.717) is 12.5 Å². The van der Waals surface area contributed by atoms with E-state index in [1.54, 1.807) is 0 Å². The fraction of sp³-hybridized carbons (Fsp3) is 0.455. The van der Waals surface area contributed by atoms with Gasteiger partial charge in [-0.2, -0.15) is 0 Å². The van der Waals surface area contributed by atoms with Crippen molar-refractivity contribution in [3.8, 4) is 0 Å². The first-order valence-electron chi connectivity index (χ1n) is 10.6. The number of nitrogens with one attached hydrogen (secondary N) is 2. The van der Waals surface area contributed by atoms with Gasteiger partial charge in [-0.25, -0.2) is 12.8 Å². The summed E-state index contributed by atoms with van der Waals surface area (Å²) in [7, 11) is -3.72. The van der Waals surface area contributed by atoms with Crippen LogP contribution >= 0.6 is 0 Å². The molecule has 1 aliphatic heterocycles. The summed E-state index contributed by atoms with van der Waals surface area (Å²) in [6, 6.07) is 11.7. The third-order valence-corrected chi connectivity index (χ3v) is 6.91.